The predicted molar refractivity (Wildman–Crippen MR) is 92.9 cm³/mol. The van der Waals surface area contributed by atoms with Gasteiger partial charge in [0.2, 0.25) is 0 Å². The Morgan fingerprint density at radius 1 is 0.727 bits per heavy atom. The van der Waals surface area contributed by atoms with Crippen molar-refractivity contribution in [1.82, 2.24) is 0 Å². The highest BCUT2D eigenvalue weighted by Gasteiger charge is 2.38. The predicted octanol–water partition coefficient (Wildman–Crippen LogP) is 4.65. The third-order valence-corrected chi connectivity index (χ3v) is 5.46. The highest BCUT2D eigenvalue weighted by atomic mass is 32.2. The number of benzene rings is 2. The van der Waals surface area contributed by atoms with E-state index in [4.69, 9.17) is 0 Å². The van der Waals surface area contributed by atoms with E-state index in [1.165, 1.54) is 22.3 Å². The van der Waals surface area contributed by atoms with E-state index in [1.54, 1.807) is 0 Å². The molecule has 108 valence electrons. The molecule has 22 heavy (non-hydrogen) atoms. The van der Waals surface area contributed by atoms with Gasteiger partial charge in [-0.3, -0.25) is 0 Å². The van der Waals surface area contributed by atoms with Crippen LogP contribution in [0.15, 0.2) is 79.1 Å². The van der Waals surface area contributed by atoms with E-state index < -0.39 is 0 Å². The molecule has 0 radical (unpaired) electrons. The fourth-order valence-electron chi connectivity index (χ4n) is 3.49. The molecule has 0 fully saturated rings. The first kappa shape index (κ1) is 13.6. The van der Waals surface area contributed by atoms with Crippen molar-refractivity contribution >= 4 is 11.8 Å². The summed E-state index contributed by atoms with van der Waals surface area (Å²) in [5.41, 5.74) is 5.60. The number of hydrogen-bond donors (Lipinski definition) is 0. The Bertz CT molecular complexity index is 798. The smallest absolute Gasteiger partial charge is 0.197 e. The van der Waals surface area contributed by atoms with Crippen LogP contribution in [0.4, 0.5) is 0 Å². The summed E-state index contributed by atoms with van der Waals surface area (Å²) in [5, 5.41) is 0.429. The normalized spacial score (nSPS) is 19.3. The minimum Gasteiger partial charge on any atom is -0.197 e. The molecule has 1 aromatic heterocycles. The first-order chi connectivity index (χ1) is 10.9. The van der Waals surface area contributed by atoms with Gasteiger partial charge in [0.05, 0.1) is 5.25 Å². The van der Waals surface area contributed by atoms with Crippen LogP contribution in [0.25, 0.3) is 11.1 Å². The second-order valence-electron chi connectivity index (χ2n) is 5.60. The Morgan fingerprint density at radius 2 is 1.32 bits per heavy atom. The lowest BCUT2D eigenvalue weighted by atomic mass is 9.82. The van der Waals surface area contributed by atoms with Gasteiger partial charge in [-0.25, -0.2) is 0 Å². The van der Waals surface area contributed by atoms with Crippen molar-refractivity contribution in [3.8, 4) is 11.1 Å². The highest BCUT2D eigenvalue weighted by Crippen LogP contribution is 2.49. The molecular formula is C20H18NS+. The van der Waals surface area contributed by atoms with Crippen molar-refractivity contribution < 1.29 is 4.57 Å². The Kier molecular flexibility index (Phi) is 3.47. The molecule has 4 rings (SSSR count). The molecule has 0 N–H and O–H groups in total. The Balaban J connectivity index is 2.00. The number of thioether (sulfide) groups is 1. The minimum absolute atomic E-state index is 0.335. The molecular weight excluding hydrogens is 286 g/mol. The van der Waals surface area contributed by atoms with Gasteiger partial charge < -0.3 is 0 Å². The lowest BCUT2D eigenvalue weighted by molar-refractivity contribution is -0.714. The van der Waals surface area contributed by atoms with Gasteiger partial charge in [0.15, 0.2) is 18.4 Å². The summed E-state index contributed by atoms with van der Waals surface area (Å²) in [4.78, 5) is 0. The summed E-state index contributed by atoms with van der Waals surface area (Å²) in [6.07, 6.45) is 6.57. The molecule has 1 nitrogen and oxygen atoms in total. The van der Waals surface area contributed by atoms with Gasteiger partial charge in [-0.05, 0) is 22.9 Å². The molecule has 0 unspecified atom stereocenters. The van der Waals surface area contributed by atoms with Crippen LogP contribution in [0.2, 0.25) is 0 Å². The fourth-order valence-corrected chi connectivity index (χ4v) is 4.50. The molecule has 1 aliphatic carbocycles. The minimum atomic E-state index is 0.335. The summed E-state index contributed by atoms with van der Waals surface area (Å²) >= 11 is 1.93. The number of hydrogen-bond acceptors (Lipinski definition) is 1. The number of aromatic nitrogens is 1. The number of fused-ring (bicyclic) bond motifs is 3. The Morgan fingerprint density at radius 3 is 2.00 bits per heavy atom. The highest BCUT2D eigenvalue weighted by molar-refractivity contribution is 7.98. The largest absolute Gasteiger partial charge is 0.199 e. The van der Waals surface area contributed by atoms with Gasteiger partial charge in [0, 0.05) is 17.7 Å². The Labute approximate surface area is 135 Å². The molecule has 0 aliphatic heterocycles. The number of rotatable bonds is 2. The van der Waals surface area contributed by atoms with Gasteiger partial charge in [0.1, 0.15) is 0 Å². The molecule has 3 aromatic rings. The third kappa shape index (κ3) is 2.06. The maximum Gasteiger partial charge on any atom is 0.199 e. The molecule has 2 aromatic carbocycles. The standard InChI is InChI=1S/C20H18NS/c1-22-20-18-12-6-4-10-16(18)15-9-3-5-11-17(15)19(20)21-13-7-2-8-14-21/h2-14,19-20H,1H3/q+1/t19-,20-/m0/s1. The van der Waals surface area contributed by atoms with Crippen LogP contribution in [0.5, 0.6) is 0 Å². The molecule has 0 saturated carbocycles. The molecule has 0 bridgehead atoms. The zero-order valence-corrected chi connectivity index (χ0v) is 13.3. The van der Waals surface area contributed by atoms with Gasteiger partial charge >= 0.3 is 0 Å². The maximum atomic E-state index is 2.34. The molecule has 2 heteroatoms. The average molecular weight is 304 g/mol. The summed E-state index contributed by atoms with van der Waals surface area (Å²) < 4.78 is 2.34. The van der Waals surface area contributed by atoms with E-state index in [-0.39, 0.29) is 0 Å². The quantitative estimate of drug-likeness (QED) is 0.623. The van der Waals surface area contributed by atoms with Gasteiger partial charge in [-0.15, -0.1) is 11.8 Å². The second kappa shape index (κ2) is 5.62. The number of pyridine rings is 1. The van der Waals surface area contributed by atoms with Crippen molar-refractivity contribution in [3.63, 3.8) is 0 Å². The van der Waals surface area contributed by atoms with Crippen LogP contribution in [-0.4, -0.2) is 6.26 Å². The maximum absolute atomic E-state index is 2.34. The lowest BCUT2D eigenvalue weighted by Crippen LogP contribution is -2.43. The van der Waals surface area contributed by atoms with Crippen LogP contribution in [0.3, 0.4) is 0 Å². The SMILES string of the molecule is CS[C@H]1c2ccccc2-c2ccccc2[C@@H]1[n+]1ccccc1. The number of nitrogens with zero attached hydrogens (tertiary/aromatic N) is 1. The van der Waals surface area contributed by atoms with Gasteiger partial charge in [0.25, 0.3) is 0 Å². The van der Waals surface area contributed by atoms with E-state index in [0.717, 1.165) is 0 Å². The van der Waals surface area contributed by atoms with Crippen molar-refractivity contribution in [3.05, 3.63) is 90.3 Å². The van der Waals surface area contributed by atoms with Crippen LogP contribution in [0.1, 0.15) is 22.4 Å². The van der Waals surface area contributed by atoms with Crippen molar-refractivity contribution in [2.24, 2.45) is 0 Å². The fraction of sp³-hybridized carbons (Fsp3) is 0.150. The first-order valence-corrected chi connectivity index (χ1v) is 8.86. The van der Waals surface area contributed by atoms with Crippen LogP contribution in [0, 0.1) is 0 Å². The monoisotopic (exact) mass is 304 g/mol. The van der Waals surface area contributed by atoms with E-state index >= 15 is 0 Å². The van der Waals surface area contributed by atoms with Crippen molar-refractivity contribution in [2.75, 3.05) is 6.26 Å². The molecule has 0 amide bonds. The average Bonchev–Trinajstić information content (AvgIpc) is 2.61. The van der Waals surface area contributed by atoms with Crippen LogP contribution < -0.4 is 4.57 Å². The second-order valence-corrected chi connectivity index (χ2v) is 6.58. The summed E-state index contributed by atoms with van der Waals surface area (Å²) in [6, 6.07) is 24.3. The van der Waals surface area contributed by atoms with Crippen LogP contribution >= 0.6 is 11.8 Å². The molecule has 0 saturated heterocycles. The van der Waals surface area contributed by atoms with E-state index in [9.17, 15) is 0 Å². The molecule has 1 heterocycles. The van der Waals surface area contributed by atoms with Crippen LogP contribution in [-0.2, 0) is 0 Å². The summed E-state index contributed by atoms with van der Waals surface area (Å²) in [5.74, 6) is 0. The molecule has 0 spiro atoms. The molecule has 2 atom stereocenters. The summed E-state index contributed by atoms with van der Waals surface area (Å²) in [7, 11) is 0. The van der Waals surface area contributed by atoms with E-state index in [1.807, 2.05) is 11.8 Å². The summed E-state index contributed by atoms with van der Waals surface area (Å²) in [6.45, 7) is 0. The van der Waals surface area contributed by atoms with E-state index in [0.29, 0.717) is 11.3 Å². The third-order valence-electron chi connectivity index (χ3n) is 4.44. The first-order valence-electron chi connectivity index (χ1n) is 7.57. The topological polar surface area (TPSA) is 3.88 Å². The zero-order chi connectivity index (χ0) is 14.9. The Hall–Kier alpha value is -2.06. The lowest BCUT2D eigenvalue weighted by Gasteiger charge is -2.30. The van der Waals surface area contributed by atoms with Crippen molar-refractivity contribution in [2.45, 2.75) is 11.3 Å². The van der Waals surface area contributed by atoms with Gasteiger partial charge in [-0.1, -0.05) is 54.6 Å². The zero-order valence-electron chi connectivity index (χ0n) is 12.5. The molecule has 1 aliphatic rings. The van der Waals surface area contributed by atoms with E-state index in [2.05, 4.69) is 89.9 Å². The van der Waals surface area contributed by atoms with Crippen molar-refractivity contribution in [1.29, 1.82) is 0 Å². The van der Waals surface area contributed by atoms with Gasteiger partial charge in [-0.2, -0.15) is 4.57 Å².